The van der Waals surface area contributed by atoms with Crippen molar-refractivity contribution in [2.24, 2.45) is 0 Å². The predicted molar refractivity (Wildman–Crippen MR) is 83.2 cm³/mol. The summed E-state index contributed by atoms with van der Waals surface area (Å²) >= 11 is 0. The molecule has 3 atom stereocenters. The highest BCUT2D eigenvalue weighted by Crippen LogP contribution is 2.45. The number of halogens is 2. The highest BCUT2D eigenvalue weighted by atomic mass is 32.2. The first kappa shape index (κ1) is 17.5. The van der Waals surface area contributed by atoms with E-state index in [1.54, 1.807) is 0 Å². The third kappa shape index (κ3) is 2.37. The lowest BCUT2D eigenvalue weighted by Crippen LogP contribution is -2.64. The van der Waals surface area contributed by atoms with Gasteiger partial charge in [0.2, 0.25) is 10.0 Å². The second kappa shape index (κ2) is 5.63. The molecule has 0 spiro atoms. The Bertz CT molecular complexity index is 862. The molecule has 1 N–H and O–H groups in total. The number of sulfonamides is 1. The molecular formula is C14H15F2N3O5S. The van der Waals surface area contributed by atoms with E-state index in [-0.39, 0.29) is 18.0 Å². The molecule has 25 heavy (non-hydrogen) atoms. The summed E-state index contributed by atoms with van der Waals surface area (Å²) in [5.41, 5.74) is -2.41. The van der Waals surface area contributed by atoms with Crippen LogP contribution in [0.4, 0.5) is 14.5 Å². The average molecular weight is 375 g/mol. The Morgan fingerprint density at radius 2 is 2.24 bits per heavy atom. The molecule has 2 saturated heterocycles. The van der Waals surface area contributed by atoms with Crippen molar-refractivity contribution >= 4 is 15.7 Å². The number of non-ortho nitro benzene ring substituents is 1. The normalized spacial score (nSPS) is 30.7. The van der Waals surface area contributed by atoms with Crippen LogP contribution < -0.4 is 5.32 Å². The fourth-order valence-electron chi connectivity index (χ4n) is 3.33. The van der Waals surface area contributed by atoms with E-state index in [4.69, 9.17) is 4.74 Å². The summed E-state index contributed by atoms with van der Waals surface area (Å²) in [6, 6.07) is 2.77. The number of alkyl halides is 1. The van der Waals surface area contributed by atoms with E-state index in [1.165, 1.54) is 7.05 Å². The molecule has 2 heterocycles. The van der Waals surface area contributed by atoms with Gasteiger partial charge in [-0.05, 0) is 6.07 Å². The number of benzene rings is 1. The smallest absolute Gasteiger partial charge is 0.270 e. The van der Waals surface area contributed by atoms with Gasteiger partial charge in [-0.2, -0.15) is 0 Å². The molecule has 0 radical (unpaired) electrons. The van der Waals surface area contributed by atoms with Gasteiger partial charge in [-0.25, -0.2) is 17.2 Å². The van der Waals surface area contributed by atoms with Gasteiger partial charge in [-0.15, -0.1) is 0 Å². The molecule has 3 rings (SSSR count). The molecule has 11 heteroatoms. The standard InChI is InChI=1S/C14H15F2N3O5S/c1-8-17-14(10-5-9(19(20)21)3-4-11(10)16)7-24-12(6-15)13(14)25(22,23)18(8)2/h3-5,12-13,17H,1,6-7H2,2H3/t12-,13-,14-/m1/s1. The van der Waals surface area contributed by atoms with Crippen molar-refractivity contribution in [2.45, 2.75) is 16.9 Å². The van der Waals surface area contributed by atoms with Crippen molar-refractivity contribution < 1.29 is 26.9 Å². The van der Waals surface area contributed by atoms with E-state index in [1.807, 2.05) is 0 Å². The monoisotopic (exact) mass is 375 g/mol. The van der Waals surface area contributed by atoms with Crippen LogP contribution in [-0.2, 0) is 20.3 Å². The average Bonchev–Trinajstić information content (AvgIpc) is 2.93. The molecule has 0 unspecified atom stereocenters. The third-order valence-corrected chi connectivity index (χ3v) is 6.92. The van der Waals surface area contributed by atoms with Crippen LogP contribution in [0.1, 0.15) is 5.56 Å². The van der Waals surface area contributed by atoms with Crippen LogP contribution in [0.15, 0.2) is 30.6 Å². The van der Waals surface area contributed by atoms with Gasteiger partial charge in [-0.3, -0.25) is 14.4 Å². The minimum atomic E-state index is -4.14. The molecule has 0 bridgehead atoms. The highest BCUT2D eigenvalue weighted by molar-refractivity contribution is 7.90. The van der Waals surface area contributed by atoms with E-state index in [9.17, 15) is 27.3 Å². The SMILES string of the molecule is C=C1N[C@@]2(c3cc([N+](=O)[O-])ccc3F)CO[C@H](CF)[C@H]2S(=O)(=O)N1C. The molecule has 1 aromatic rings. The fourth-order valence-corrected chi connectivity index (χ4v) is 5.32. The van der Waals surface area contributed by atoms with Crippen molar-refractivity contribution in [3.05, 3.63) is 52.1 Å². The van der Waals surface area contributed by atoms with Gasteiger partial charge >= 0.3 is 0 Å². The van der Waals surface area contributed by atoms with Crippen molar-refractivity contribution in [3.63, 3.8) is 0 Å². The predicted octanol–water partition coefficient (Wildman–Crippen LogP) is 1.00. The first-order chi connectivity index (χ1) is 11.6. The summed E-state index contributed by atoms with van der Waals surface area (Å²) < 4.78 is 59.6. The summed E-state index contributed by atoms with van der Waals surface area (Å²) in [7, 11) is -2.91. The number of nitro groups is 1. The number of nitrogens with zero attached hydrogens (tertiary/aromatic N) is 2. The van der Waals surface area contributed by atoms with Crippen LogP contribution in [0.3, 0.4) is 0 Å². The van der Waals surface area contributed by atoms with E-state index >= 15 is 0 Å². The molecule has 2 fully saturated rings. The van der Waals surface area contributed by atoms with Gasteiger partial charge in [-0.1, -0.05) is 6.58 Å². The van der Waals surface area contributed by atoms with Gasteiger partial charge in [0, 0.05) is 24.7 Å². The van der Waals surface area contributed by atoms with E-state index in [0.29, 0.717) is 0 Å². The summed E-state index contributed by atoms with van der Waals surface area (Å²) in [6.07, 6.45) is -1.34. The van der Waals surface area contributed by atoms with Crippen molar-refractivity contribution in [1.82, 2.24) is 9.62 Å². The van der Waals surface area contributed by atoms with Gasteiger partial charge < -0.3 is 10.1 Å². The van der Waals surface area contributed by atoms with E-state index in [2.05, 4.69) is 11.9 Å². The van der Waals surface area contributed by atoms with Gasteiger partial charge in [0.05, 0.1) is 11.5 Å². The first-order valence-corrected chi connectivity index (χ1v) is 8.72. The second-order valence-corrected chi connectivity index (χ2v) is 7.99. The van der Waals surface area contributed by atoms with Crippen LogP contribution >= 0.6 is 0 Å². The van der Waals surface area contributed by atoms with Crippen LogP contribution in [-0.4, -0.2) is 49.3 Å². The van der Waals surface area contributed by atoms with Gasteiger partial charge in [0.1, 0.15) is 35.2 Å². The van der Waals surface area contributed by atoms with E-state index < -0.39 is 50.0 Å². The number of ether oxygens (including phenoxy) is 1. The fraction of sp³-hybridized carbons (Fsp3) is 0.429. The summed E-state index contributed by atoms with van der Waals surface area (Å²) in [4.78, 5) is 10.3. The first-order valence-electron chi connectivity index (χ1n) is 7.22. The third-order valence-electron chi connectivity index (χ3n) is 4.59. The van der Waals surface area contributed by atoms with Crippen molar-refractivity contribution in [2.75, 3.05) is 20.3 Å². The maximum Gasteiger partial charge on any atom is 0.270 e. The second-order valence-electron chi connectivity index (χ2n) is 5.90. The Kier molecular flexibility index (Phi) is 3.95. The quantitative estimate of drug-likeness (QED) is 0.625. The lowest BCUT2D eigenvalue weighted by molar-refractivity contribution is -0.385. The van der Waals surface area contributed by atoms with Gasteiger partial charge in [0.15, 0.2) is 0 Å². The summed E-state index contributed by atoms with van der Waals surface area (Å²) in [6.45, 7) is 2.10. The number of nitro benzene ring substituents is 1. The molecule has 2 aliphatic rings. The van der Waals surface area contributed by atoms with Gasteiger partial charge in [0.25, 0.3) is 5.69 Å². The Hall–Kier alpha value is -2.27. The summed E-state index contributed by atoms with van der Waals surface area (Å²) in [5, 5.41) is 12.3. The maximum atomic E-state index is 14.5. The number of nitrogens with one attached hydrogen (secondary N) is 1. The zero-order valence-corrected chi connectivity index (χ0v) is 13.9. The minimum Gasteiger partial charge on any atom is -0.371 e. The number of hydrogen-bond donors (Lipinski definition) is 1. The lowest BCUT2D eigenvalue weighted by atomic mass is 9.85. The highest BCUT2D eigenvalue weighted by Gasteiger charge is 2.62. The minimum absolute atomic E-state index is 0.0646. The number of fused-ring (bicyclic) bond motifs is 1. The number of hydrogen-bond acceptors (Lipinski definition) is 6. The molecule has 0 aromatic heterocycles. The maximum absolute atomic E-state index is 14.5. The van der Waals surface area contributed by atoms with Crippen LogP contribution in [0.2, 0.25) is 0 Å². The Labute approximate surface area is 142 Å². The largest absolute Gasteiger partial charge is 0.371 e. The molecule has 136 valence electrons. The molecule has 1 aromatic carbocycles. The lowest BCUT2D eigenvalue weighted by Gasteiger charge is -2.45. The van der Waals surface area contributed by atoms with Crippen molar-refractivity contribution in [3.8, 4) is 0 Å². The van der Waals surface area contributed by atoms with Crippen LogP contribution in [0.25, 0.3) is 0 Å². The van der Waals surface area contributed by atoms with Crippen LogP contribution in [0, 0.1) is 15.9 Å². The van der Waals surface area contributed by atoms with E-state index in [0.717, 1.165) is 22.5 Å². The zero-order valence-electron chi connectivity index (χ0n) is 13.1. The molecule has 2 aliphatic heterocycles. The molecule has 8 nitrogen and oxygen atoms in total. The van der Waals surface area contributed by atoms with Crippen molar-refractivity contribution in [1.29, 1.82) is 0 Å². The molecule has 0 saturated carbocycles. The number of rotatable bonds is 3. The van der Waals surface area contributed by atoms with Crippen LogP contribution in [0.5, 0.6) is 0 Å². The topological polar surface area (TPSA) is 102 Å². The summed E-state index contributed by atoms with van der Waals surface area (Å²) in [5.74, 6) is -0.927. The Balaban J connectivity index is 2.27. The molecular weight excluding hydrogens is 360 g/mol. The zero-order chi connectivity index (χ0) is 18.6. The molecule has 0 aliphatic carbocycles. The molecule has 0 amide bonds. The Morgan fingerprint density at radius 3 is 2.84 bits per heavy atom. The Morgan fingerprint density at radius 1 is 1.56 bits per heavy atom.